The van der Waals surface area contributed by atoms with E-state index in [2.05, 4.69) is 4.98 Å². The third-order valence-corrected chi connectivity index (χ3v) is 2.53. The van der Waals surface area contributed by atoms with Gasteiger partial charge in [0.2, 0.25) is 0 Å². The van der Waals surface area contributed by atoms with E-state index in [1.54, 1.807) is 26.0 Å². The van der Waals surface area contributed by atoms with Crippen molar-refractivity contribution in [1.29, 1.82) is 0 Å². The average molecular weight is 219 g/mol. The van der Waals surface area contributed by atoms with Crippen molar-refractivity contribution in [3.05, 3.63) is 29.5 Å². The molecule has 0 aliphatic carbocycles. The predicted molar refractivity (Wildman–Crippen MR) is 60.7 cm³/mol. The molecule has 0 unspecified atom stereocenters. The molecule has 84 valence electrons. The number of aromatic nitrogens is 1. The van der Waals surface area contributed by atoms with Crippen LogP contribution in [-0.2, 0) is 4.74 Å². The molecule has 0 aliphatic heterocycles. The maximum absolute atomic E-state index is 11.6. The maximum atomic E-state index is 11.6. The summed E-state index contributed by atoms with van der Waals surface area (Å²) in [6, 6.07) is 5.13. The van der Waals surface area contributed by atoms with E-state index in [0.29, 0.717) is 23.3 Å². The van der Waals surface area contributed by atoms with E-state index in [1.165, 1.54) is 0 Å². The topological polar surface area (TPSA) is 62.3 Å². The normalized spacial score (nSPS) is 10.6. The Hall–Kier alpha value is -1.97. The third-order valence-electron chi connectivity index (χ3n) is 2.53. The van der Waals surface area contributed by atoms with E-state index in [0.717, 1.165) is 5.52 Å². The van der Waals surface area contributed by atoms with Gasteiger partial charge in [0.15, 0.2) is 0 Å². The Balaban J connectivity index is 2.61. The second-order valence-corrected chi connectivity index (χ2v) is 3.55. The van der Waals surface area contributed by atoms with Gasteiger partial charge in [-0.15, -0.1) is 0 Å². The van der Waals surface area contributed by atoms with Crippen LogP contribution in [0.2, 0.25) is 0 Å². The second kappa shape index (κ2) is 3.89. The SMILES string of the molecule is CCOC(=O)c1[nH]c2cccc(O)c2c1C. The van der Waals surface area contributed by atoms with Crippen molar-refractivity contribution in [2.24, 2.45) is 0 Å². The number of aromatic amines is 1. The Morgan fingerprint density at radius 1 is 1.50 bits per heavy atom. The summed E-state index contributed by atoms with van der Waals surface area (Å²) in [4.78, 5) is 14.6. The highest BCUT2D eigenvalue weighted by molar-refractivity contribution is 6.00. The molecule has 4 nitrogen and oxygen atoms in total. The van der Waals surface area contributed by atoms with Crippen molar-refractivity contribution in [2.75, 3.05) is 6.61 Å². The minimum Gasteiger partial charge on any atom is -0.507 e. The van der Waals surface area contributed by atoms with Crippen LogP contribution in [0.3, 0.4) is 0 Å². The molecule has 0 atom stereocenters. The Bertz CT molecular complexity index is 542. The first-order valence-corrected chi connectivity index (χ1v) is 5.12. The van der Waals surface area contributed by atoms with E-state index in [4.69, 9.17) is 4.74 Å². The smallest absolute Gasteiger partial charge is 0.355 e. The van der Waals surface area contributed by atoms with Crippen molar-refractivity contribution in [3.63, 3.8) is 0 Å². The molecule has 16 heavy (non-hydrogen) atoms. The van der Waals surface area contributed by atoms with Gasteiger partial charge in [0, 0.05) is 5.39 Å². The number of H-pyrrole nitrogens is 1. The fourth-order valence-electron chi connectivity index (χ4n) is 1.80. The first-order valence-electron chi connectivity index (χ1n) is 5.12. The summed E-state index contributed by atoms with van der Waals surface area (Å²) in [6.45, 7) is 3.87. The number of ether oxygens (including phenoxy) is 1. The van der Waals surface area contributed by atoms with Crippen molar-refractivity contribution < 1.29 is 14.6 Å². The summed E-state index contributed by atoms with van der Waals surface area (Å²) in [5, 5.41) is 10.4. The van der Waals surface area contributed by atoms with E-state index < -0.39 is 5.97 Å². The molecule has 0 spiro atoms. The molecule has 0 saturated carbocycles. The fraction of sp³-hybridized carbons (Fsp3) is 0.250. The lowest BCUT2D eigenvalue weighted by atomic mass is 10.1. The van der Waals surface area contributed by atoms with Gasteiger partial charge in [0.05, 0.1) is 12.1 Å². The molecule has 0 aliphatic rings. The van der Waals surface area contributed by atoms with Crippen molar-refractivity contribution in [1.82, 2.24) is 4.98 Å². The Morgan fingerprint density at radius 2 is 2.25 bits per heavy atom. The van der Waals surface area contributed by atoms with Crippen molar-refractivity contribution >= 4 is 16.9 Å². The van der Waals surface area contributed by atoms with E-state index in [-0.39, 0.29) is 5.75 Å². The molecule has 0 saturated heterocycles. The number of nitrogens with one attached hydrogen (secondary N) is 1. The van der Waals surface area contributed by atoms with Crippen LogP contribution in [0.1, 0.15) is 23.0 Å². The summed E-state index contributed by atoms with van der Waals surface area (Å²) < 4.78 is 4.93. The number of phenols is 1. The monoisotopic (exact) mass is 219 g/mol. The van der Waals surface area contributed by atoms with Crippen LogP contribution < -0.4 is 0 Å². The molecule has 0 radical (unpaired) electrons. The summed E-state index contributed by atoms with van der Waals surface area (Å²) in [7, 11) is 0. The molecule has 0 fully saturated rings. The molecule has 4 heteroatoms. The van der Waals surface area contributed by atoms with Crippen molar-refractivity contribution in [3.8, 4) is 5.75 Å². The zero-order valence-corrected chi connectivity index (χ0v) is 9.20. The number of hydrogen-bond acceptors (Lipinski definition) is 3. The van der Waals surface area contributed by atoms with Gasteiger partial charge in [-0.2, -0.15) is 0 Å². The van der Waals surface area contributed by atoms with Crippen LogP contribution in [-0.4, -0.2) is 22.7 Å². The van der Waals surface area contributed by atoms with Gasteiger partial charge in [0.25, 0.3) is 0 Å². The molecule has 2 rings (SSSR count). The van der Waals surface area contributed by atoms with Gasteiger partial charge in [-0.1, -0.05) is 6.07 Å². The quantitative estimate of drug-likeness (QED) is 0.762. The second-order valence-electron chi connectivity index (χ2n) is 3.55. The average Bonchev–Trinajstić information content (AvgIpc) is 2.58. The molecule has 1 aromatic heterocycles. The fourth-order valence-corrected chi connectivity index (χ4v) is 1.80. The summed E-state index contributed by atoms with van der Waals surface area (Å²) in [5.74, 6) is -0.225. The number of carbonyl (C=O) groups excluding carboxylic acids is 1. The number of esters is 1. The van der Waals surface area contributed by atoms with Crippen molar-refractivity contribution in [2.45, 2.75) is 13.8 Å². The van der Waals surface area contributed by atoms with Gasteiger partial charge in [-0.25, -0.2) is 4.79 Å². The lowest BCUT2D eigenvalue weighted by Gasteiger charge is -1.99. The van der Waals surface area contributed by atoms with E-state index in [1.807, 2.05) is 6.07 Å². The Morgan fingerprint density at radius 3 is 2.88 bits per heavy atom. The zero-order valence-electron chi connectivity index (χ0n) is 9.20. The van der Waals surface area contributed by atoms with Gasteiger partial charge in [-0.3, -0.25) is 0 Å². The van der Waals surface area contributed by atoms with Crippen LogP contribution in [0.15, 0.2) is 18.2 Å². The maximum Gasteiger partial charge on any atom is 0.355 e. The predicted octanol–water partition coefficient (Wildman–Crippen LogP) is 2.36. The number of fused-ring (bicyclic) bond motifs is 1. The molecule has 0 bridgehead atoms. The lowest BCUT2D eigenvalue weighted by Crippen LogP contribution is -2.06. The first-order chi connectivity index (χ1) is 7.65. The zero-order chi connectivity index (χ0) is 11.7. The van der Waals surface area contributed by atoms with E-state index >= 15 is 0 Å². The van der Waals surface area contributed by atoms with Crippen LogP contribution in [0.25, 0.3) is 10.9 Å². The molecular formula is C12H13NO3. The first kappa shape index (κ1) is 10.5. The summed E-state index contributed by atoms with van der Waals surface area (Å²) >= 11 is 0. The molecule has 1 aromatic carbocycles. The largest absolute Gasteiger partial charge is 0.507 e. The van der Waals surface area contributed by atoms with Gasteiger partial charge in [0.1, 0.15) is 11.4 Å². The number of carbonyl (C=O) groups is 1. The van der Waals surface area contributed by atoms with E-state index in [9.17, 15) is 9.90 Å². The van der Waals surface area contributed by atoms with Crippen LogP contribution >= 0.6 is 0 Å². The van der Waals surface area contributed by atoms with Gasteiger partial charge < -0.3 is 14.8 Å². The minimum atomic E-state index is -0.393. The number of benzene rings is 1. The van der Waals surface area contributed by atoms with Crippen LogP contribution in [0.5, 0.6) is 5.75 Å². The molecule has 1 heterocycles. The third kappa shape index (κ3) is 1.52. The molecule has 0 amide bonds. The number of rotatable bonds is 2. The lowest BCUT2D eigenvalue weighted by molar-refractivity contribution is 0.0520. The van der Waals surface area contributed by atoms with Crippen LogP contribution in [0, 0.1) is 6.92 Å². The number of hydrogen-bond donors (Lipinski definition) is 2. The Kier molecular flexibility index (Phi) is 2.56. The highest BCUT2D eigenvalue weighted by atomic mass is 16.5. The standard InChI is InChI=1S/C12H13NO3/c1-3-16-12(15)11-7(2)10-8(13-11)5-4-6-9(10)14/h4-6,13-14H,3H2,1-2H3. The van der Waals surface area contributed by atoms with Crippen LogP contribution in [0.4, 0.5) is 0 Å². The molecule has 2 aromatic rings. The number of aromatic hydroxyl groups is 1. The Labute approximate surface area is 92.9 Å². The summed E-state index contributed by atoms with van der Waals surface area (Å²) in [6.07, 6.45) is 0. The number of phenolic OH excluding ortho intramolecular Hbond substituents is 1. The minimum absolute atomic E-state index is 0.168. The van der Waals surface area contributed by atoms with Gasteiger partial charge >= 0.3 is 5.97 Å². The van der Waals surface area contributed by atoms with Gasteiger partial charge in [-0.05, 0) is 31.5 Å². The summed E-state index contributed by atoms with van der Waals surface area (Å²) in [5.41, 5.74) is 1.85. The number of aryl methyl sites for hydroxylation is 1. The highest BCUT2D eigenvalue weighted by Crippen LogP contribution is 2.29. The molecular weight excluding hydrogens is 206 g/mol. The molecule has 2 N–H and O–H groups in total. The highest BCUT2D eigenvalue weighted by Gasteiger charge is 2.17.